The van der Waals surface area contributed by atoms with Crippen LogP contribution >= 0.6 is 0 Å². The summed E-state index contributed by atoms with van der Waals surface area (Å²) in [7, 11) is -2.10. The Labute approximate surface area is 112 Å². The summed E-state index contributed by atoms with van der Waals surface area (Å²) in [5.41, 5.74) is 5.93. The van der Waals surface area contributed by atoms with Gasteiger partial charge in [-0.05, 0) is 18.6 Å². The maximum Gasteiger partial charge on any atom is 0.232 e. The van der Waals surface area contributed by atoms with Crippen molar-refractivity contribution in [3.8, 4) is 5.75 Å². The van der Waals surface area contributed by atoms with E-state index in [1.165, 1.54) is 13.2 Å². The van der Waals surface area contributed by atoms with Gasteiger partial charge in [0.05, 0.1) is 12.9 Å². The highest BCUT2D eigenvalue weighted by molar-refractivity contribution is 7.92. The van der Waals surface area contributed by atoms with E-state index < -0.39 is 10.0 Å². The molecule has 0 amide bonds. The Morgan fingerprint density at radius 2 is 2.21 bits per heavy atom. The third kappa shape index (κ3) is 3.75. The number of nitrogens with one attached hydrogen (secondary N) is 1. The summed E-state index contributed by atoms with van der Waals surface area (Å²) in [6.45, 7) is 1.76. The SMILES string of the molecule is CCCS(=O)(=O)Nc1c(OC)cccc1/C(N)=N/O. The first-order valence-electron chi connectivity index (χ1n) is 5.60. The molecule has 0 aliphatic rings. The number of ether oxygens (including phenoxy) is 1. The summed E-state index contributed by atoms with van der Waals surface area (Å²) < 4.78 is 31.1. The van der Waals surface area contributed by atoms with Gasteiger partial charge in [0.1, 0.15) is 11.4 Å². The molecule has 8 heteroatoms. The number of amidine groups is 1. The summed E-state index contributed by atoms with van der Waals surface area (Å²) in [6.07, 6.45) is 0.476. The molecule has 0 unspecified atom stereocenters. The number of sulfonamides is 1. The van der Waals surface area contributed by atoms with E-state index in [4.69, 9.17) is 15.7 Å². The van der Waals surface area contributed by atoms with E-state index in [0.29, 0.717) is 12.2 Å². The first-order valence-corrected chi connectivity index (χ1v) is 7.25. The van der Waals surface area contributed by atoms with E-state index in [2.05, 4.69) is 9.88 Å². The molecule has 0 atom stereocenters. The van der Waals surface area contributed by atoms with Gasteiger partial charge in [0, 0.05) is 5.56 Å². The molecule has 0 bridgehead atoms. The minimum absolute atomic E-state index is 0.0271. The average molecular weight is 287 g/mol. The van der Waals surface area contributed by atoms with Crippen LogP contribution in [0.15, 0.2) is 23.4 Å². The van der Waals surface area contributed by atoms with Crippen LogP contribution < -0.4 is 15.2 Å². The summed E-state index contributed by atoms with van der Waals surface area (Å²) in [4.78, 5) is 0. The molecule has 0 aromatic heterocycles. The predicted molar refractivity (Wildman–Crippen MR) is 73.2 cm³/mol. The topological polar surface area (TPSA) is 114 Å². The highest BCUT2D eigenvalue weighted by Crippen LogP contribution is 2.29. The van der Waals surface area contributed by atoms with Crippen molar-refractivity contribution in [3.63, 3.8) is 0 Å². The van der Waals surface area contributed by atoms with Gasteiger partial charge < -0.3 is 15.7 Å². The Bertz CT molecular complexity index is 569. The normalized spacial score (nSPS) is 12.2. The molecule has 19 heavy (non-hydrogen) atoms. The molecule has 4 N–H and O–H groups in total. The molecule has 106 valence electrons. The summed E-state index contributed by atoms with van der Waals surface area (Å²) >= 11 is 0. The number of benzene rings is 1. The summed E-state index contributed by atoms with van der Waals surface area (Å²) in [5.74, 6) is 0.0672. The van der Waals surface area contributed by atoms with Crippen LogP contribution in [0.4, 0.5) is 5.69 Å². The second-order valence-corrected chi connectivity index (χ2v) is 5.63. The van der Waals surface area contributed by atoms with Gasteiger partial charge in [-0.25, -0.2) is 8.42 Å². The van der Waals surface area contributed by atoms with E-state index in [9.17, 15) is 8.42 Å². The van der Waals surface area contributed by atoms with Crippen molar-refractivity contribution < 1.29 is 18.4 Å². The molecule has 1 aromatic rings. The Balaban J connectivity index is 3.31. The summed E-state index contributed by atoms with van der Waals surface area (Å²) in [6, 6.07) is 4.73. The Kier molecular flexibility index (Phi) is 4.99. The van der Waals surface area contributed by atoms with Crippen LogP contribution in [-0.4, -0.2) is 32.3 Å². The molecular weight excluding hydrogens is 270 g/mol. The second-order valence-electron chi connectivity index (χ2n) is 3.79. The standard InChI is InChI=1S/C11H17N3O4S/c1-3-7-19(16,17)14-10-8(11(12)13-15)5-4-6-9(10)18-2/h4-6,14-15H,3,7H2,1-2H3,(H2,12,13). The molecular formula is C11H17N3O4S. The maximum absolute atomic E-state index is 11.8. The molecule has 0 fully saturated rings. The first-order chi connectivity index (χ1) is 8.95. The number of oxime groups is 1. The van der Waals surface area contributed by atoms with Gasteiger partial charge in [0.25, 0.3) is 0 Å². The third-order valence-corrected chi connectivity index (χ3v) is 3.82. The van der Waals surface area contributed by atoms with Crippen LogP contribution in [0.2, 0.25) is 0 Å². The fourth-order valence-electron chi connectivity index (χ4n) is 1.55. The fraction of sp³-hybridized carbons (Fsp3) is 0.364. The monoisotopic (exact) mass is 287 g/mol. The second kappa shape index (κ2) is 6.28. The van der Waals surface area contributed by atoms with E-state index in [1.807, 2.05) is 0 Å². The quantitative estimate of drug-likeness (QED) is 0.312. The number of hydrogen-bond donors (Lipinski definition) is 3. The van der Waals surface area contributed by atoms with Gasteiger partial charge in [-0.15, -0.1) is 0 Å². The lowest BCUT2D eigenvalue weighted by Crippen LogP contribution is -2.21. The van der Waals surface area contributed by atoms with Crippen LogP contribution in [-0.2, 0) is 10.0 Å². The van der Waals surface area contributed by atoms with Gasteiger partial charge >= 0.3 is 0 Å². The van der Waals surface area contributed by atoms with Crippen LogP contribution in [0.5, 0.6) is 5.75 Å². The van der Waals surface area contributed by atoms with Gasteiger partial charge in [0.2, 0.25) is 10.0 Å². The number of rotatable bonds is 6. The van der Waals surface area contributed by atoms with Crippen molar-refractivity contribution in [1.29, 1.82) is 0 Å². The third-order valence-electron chi connectivity index (χ3n) is 2.36. The molecule has 0 saturated heterocycles. The molecule has 0 radical (unpaired) electrons. The van der Waals surface area contributed by atoms with Crippen LogP contribution in [0.3, 0.4) is 0 Å². The number of methoxy groups -OCH3 is 1. The van der Waals surface area contributed by atoms with Crippen molar-refractivity contribution in [3.05, 3.63) is 23.8 Å². The molecule has 0 spiro atoms. The first kappa shape index (κ1) is 15.1. The van der Waals surface area contributed by atoms with Crippen molar-refractivity contribution in [2.75, 3.05) is 17.6 Å². The average Bonchev–Trinajstić information content (AvgIpc) is 2.37. The molecule has 0 heterocycles. The smallest absolute Gasteiger partial charge is 0.232 e. The molecule has 0 saturated carbocycles. The van der Waals surface area contributed by atoms with Crippen molar-refractivity contribution in [2.45, 2.75) is 13.3 Å². The maximum atomic E-state index is 11.8. The zero-order chi connectivity index (χ0) is 14.5. The van der Waals surface area contributed by atoms with Gasteiger partial charge in [-0.2, -0.15) is 0 Å². The van der Waals surface area contributed by atoms with E-state index in [-0.39, 0.29) is 22.8 Å². The molecule has 0 aliphatic heterocycles. The predicted octanol–water partition coefficient (Wildman–Crippen LogP) is 0.941. The lowest BCUT2D eigenvalue weighted by atomic mass is 10.1. The minimum Gasteiger partial charge on any atom is -0.495 e. The zero-order valence-corrected chi connectivity index (χ0v) is 11.6. The van der Waals surface area contributed by atoms with E-state index >= 15 is 0 Å². The molecule has 1 rings (SSSR count). The number of anilines is 1. The minimum atomic E-state index is -3.50. The number of para-hydroxylation sites is 1. The van der Waals surface area contributed by atoms with Crippen molar-refractivity contribution in [1.82, 2.24) is 0 Å². The van der Waals surface area contributed by atoms with Crippen LogP contribution in [0.25, 0.3) is 0 Å². The largest absolute Gasteiger partial charge is 0.495 e. The highest BCUT2D eigenvalue weighted by atomic mass is 32.2. The molecule has 0 aliphatic carbocycles. The Morgan fingerprint density at radius 1 is 1.53 bits per heavy atom. The molecule has 1 aromatic carbocycles. The lowest BCUT2D eigenvalue weighted by molar-refractivity contribution is 0.318. The Hall–Kier alpha value is -1.96. The number of hydrogen-bond acceptors (Lipinski definition) is 5. The van der Waals surface area contributed by atoms with E-state index in [0.717, 1.165) is 0 Å². The Morgan fingerprint density at radius 3 is 2.74 bits per heavy atom. The van der Waals surface area contributed by atoms with Crippen LogP contribution in [0.1, 0.15) is 18.9 Å². The highest BCUT2D eigenvalue weighted by Gasteiger charge is 2.18. The van der Waals surface area contributed by atoms with Gasteiger partial charge in [-0.1, -0.05) is 18.1 Å². The zero-order valence-electron chi connectivity index (χ0n) is 10.8. The fourth-order valence-corrected chi connectivity index (χ4v) is 2.71. The van der Waals surface area contributed by atoms with Gasteiger partial charge in [0.15, 0.2) is 5.84 Å². The lowest BCUT2D eigenvalue weighted by Gasteiger charge is -2.15. The van der Waals surface area contributed by atoms with Crippen LogP contribution in [0, 0.1) is 0 Å². The molecule has 7 nitrogen and oxygen atoms in total. The summed E-state index contributed by atoms with van der Waals surface area (Å²) in [5, 5.41) is 11.6. The van der Waals surface area contributed by atoms with E-state index in [1.54, 1.807) is 19.1 Å². The van der Waals surface area contributed by atoms with Crippen molar-refractivity contribution >= 4 is 21.5 Å². The van der Waals surface area contributed by atoms with Crippen molar-refractivity contribution in [2.24, 2.45) is 10.9 Å². The number of nitrogens with two attached hydrogens (primary N) is 1. The van der Waals surface area contributed by atoms with Gasteiger partial charge in [-0.3, -0.25) is 4.72 Å². The number of nitrogens with zero attached hydrogens (tertiary/aromatic N) is 1.